The summed E-state index contributed by atoms with van der Waals surface area (Å²) in [7, 11) is -0.798. The molecule has 0 aliphatic carbocycles. The molecule has 2 unspecified atom stereocenters. The van der Waals surface area contributed by atoms with Crippen LogP contribution in [0.5, 0.6) is 5.88 Å². The number of benzene rings is 1. The summed E-state index contributed by atoms with van der Waals surface area (Å²) in [4.78, 5) is 17.2. The van der Waals surface area contributed by atoms with Crippen molar-refractivity contribution in [1.29, 1.82) is 0 Å². The molecule has 1 N–H and O–H groups in total. The van der Waals surface area contributed by atoms with Gasteiger partial charge < -0.3 is 14.5 Å². The third-order valence-electron chi connectivity index (χ3n) is 6.33. The van der Waals surface area contributed by atoms with Crippen LogP contribution in [0, 0.1) is 0 Å². The number of amides is 2. The van der Waals surface area contributed by atoms with Gasteiger partial charge in [-0.1, -0.05) is 31.2 Å². The third kappa shape index (κ3) is 5.11. The Morgan fingerprint density at radius 2 is 1.84 bits per heavy atom. The number of ether oxygens (including phenoxy) is 1. The van der Waals surface area contributed by atoms with Gasteiger partial charge in [-0.3, -0.25) is 9.31 Å². The molecule has 8 heteroatoms. The van der Waals surface area contributed by atoms with Crippen LogP contribution in [0.3, 0.4) is 0 Å². The Balaban J connectivity index is 1.56. The summed E-state index contributed by atoms with van der Waals surface area (Å²) in [6.07, 6.45) is 1.97. The molecule has 1 aromatic carbocycles. The zero-order valence-electron chi connectivity index (χ0n) is 18.4. The zero-order chi connectivity index (χ0) is 21.8. The quantitative estimate of drug-likeness (QED) is 0.769. The Hall–Kier alpha value is -2.35. The molecule has 2 atom stereocenters. The van der Waals surface area contributed by atoms with Gasteiger partial charge in [0.15, 0.2) is 0 Å². The van der Waals surface area contributed by atoms with E-state index >= 15 is 0 Å². The van der Waals surface area contributed by atoms with Crippen molar-refractivity contribution < 1.29 is 13.7 Å². The van der Waals surface area contributed by atoms with Crippen LogP contribution in [-0.2, 0) is 17.2 Å². The van der Waals surface area contributed by atoms with Crippen molar-refractivity contribution in [3.8, 4) is 5.88 Å². The first kappa shape index (κ1) is 21.9. The maximum absolute atomic E-state index is 13.3. The van der Waals surface area contributed by atoms with Crippen molar-refractivity contribution >= 4 is 16.8 Å². The second-order valence-corrected chi connectivity index (χ2v) is 10.0. The monoisotopic (exact) mass is 444 g/mol. The molecular weight excluding hydrogens is 412 g/mol. The minimum Gasteiger partial charge on any atom is -0.477 e. The van der Waals surface area contributed by atoms with Gasteiger partial charge in [-0.15, -0.1) is 5.10 Å². The first-order chi connectivity index (χ1) is 15.1. The minimum atomic E-state index is -0.798. The minimum absolute atomic E-state index is 0.0566. The Morgan fingerprint density at radius 1 is 1.13 bits per heavy atom. The smallest absolute Gasteiger partial charge is 0.320 e. The van der Waals surface area contributed by atoms with Crippen LogP contribution in [0.25, 0.3) is 0 Å². The fourth-order valence-electron chi connectivity index (χ4n) is 4.52. The number of piperidine rings is 1. The molecule has 2 aliphatic heterocycles. The molecule has 31 heavy (non-hydrogen) atoms. The van der Waals surface area contributed by atoms with E-state index in [1.807, 2.05) is 22.8 Å². The highest BCUT2D eigenvalue weighted by atomic mass is 32.2. The van der Waals surface area contributed by atoms with Gasteiger partial charge in [0, 0.05) is 72.1 Å². The summed E-state index contributed by atoms with van der Waals surface area (Å²) in [5.41, 5.74) is 3.60. The van der Waals surface area contributed by atoms with E-state index in [-0.39, 0.29) is 17.9 Å². The molecule has 0 bridgehead atoms. The molecule has 2 saturated heterocycles. The maximum atomic E-state index is 13.3. The number of hydrogen-bond acceptors (Lipinski definition) is 4. The second kappa shape index (κ2) is 9.85. The zero-order valence-corrected chi connectivity index (χ0v) is 19.2. The Kier molecular flexibility index (Phi) is 6.95. The lowest BCUT2D eigenvalue weighted by Crippen LogP contribution is -2.52. The van der Waals surface area contributed by atoms with Crippen molar-refractivity contribution in [3.05, 3.63) is 47.2 Å². The molecule has 2 aromatic rings. The van der Waals surface area contributed by atoms with Crippen molar-refractivity contribution in [3.63, 3.8) is 0 Å². The summed E-state index contributed by atoms with van der Waals surface area (Å²) >= 11 is 0. The number of nitrogens with one attached hydrogen (secondary N) is 1. The van der Waals surface area contributed by atoms with Crippen molar-refractivity contribution in [2.75, 3.05) is 44.3 Å². The van der Waals surface area contributed by atoms with Gasteiger partial charge in [0.1, 0.15) is 0 Å². The van der Waals surface area contributed by atoms with Crippen molar-refractivity contribution in [2.24, 2.45) is 0 Å². The number of carbonyl (C=O) groups is 1. The van der Waals surface area contributed by atoms with E-state index < -0.39 is 10.8 Å². The van der Waals surface area contributed by atoms with Crippen molar-refractivity contribution in [1.82, 2.24) is 20.0 Å². The molecule has 2 fully saturated rings. The van der Waals surface area contributed by atoms with Crippen LogP contribution in [0.15, 0.2) is 30.3 Å². The molecule has 0 spiro atoms. The Labute approximate surface area is 186 Å². The topological polar surface area (TPSA) is 78.5 Å². The number of hydrogen-bond donors (Lipinski definition) is 1. The van der Waals surface area contributed by atoms with E-state index in [0.29, 0.717) is 50.2 Å². The second-order valence-electron chi connectivity index (χ2n) is 8.34. The summed E-state index contributed by atoms with van der Waals surface area (Å²) in [5, 5.41) is 7.40. The molecular formula is C23H32N4O3S. The SMILES string of the molecule is CCOc1cc(C2CC(c3ccc(CC)cc3)CN(C(=O)N3CCS(=O)CC3)C2)[nH]n1. The standard InChI is InChI=1S/C23H32N4O3S/c1-3-17-5-7-18(8-6-17)19-13-20(21-14-22(25-24-21)30-4-2)16-27(15-19)23(28)26-9-11-31(29)12-10-26/h5-8,14,19-20H,3-4,9-13,15-16H2,1-2H3,(H,24,25). The number of likely N-dealkylation sites (tertiary alicyclic amines) is 1. The largest absolute Gasteiger partial charge is 0.477 e. The van der Waals surface area contributed by atoms with Crippen molar-refractivity contribution in [2.45, 2.75) is 38.5 Å². The van der Waals surface area contributed by atoms with Gasteiger partial charge in [0.2, 0.25) is 5.88 Å². The predicted molar refractivity (Wildman–Crippen MR) is 122 cm³/mol. The molecule has 0 saturated carbocycles. The molecule has 1 aromatic heterocycles. The predicted octanol–water partition coefficient (Wildman–Crippen LogP) is 3.13. The number of rotatable bonds is 5. The molecule has 4 rings (SSSR count). The third-order valence-corrected chi connectivity index (χ3v) is 7.61. The summed E-state index contributed by atoms with van der Waals surface area (Å²) in [6, 6.07) is 10.8. The highest BCUT2D eigenvalue weighted by Crippen LogP contribution is 2.36. The molecule has 0 radical (unpaired) electrons. The first-order valence-electron chi connectivity index (χ1n) is 11.2. The van der Waals surface area contributed by atoms with E-state index in [2.05, 4.69) is 41.4 Å². The van der Waals surface area contributed by atoms with Crippen LogP contribution in [-0.4, -0.2) is 74.5 Å². The van der Waals surface area contributed by atoms with Crippen LogP contribution in [0.4, 0.5) is 4.79 Å². The highest BCUT2D eigenvalue weighted by molar-refractivity contribution is 7.85. The lowest BCUT2D eigenvalue weighted by atomic mass is 9.83. The average Bonchev–Trinajstić information content (AvgIpc) is 3.28. The molecule has 2 aliphatic rings. The number of aryl methyl sites for hydroxylation is 1. The number of carbonyl (C=O) groups excluding carboxylic acids is 1. The molecule has 7 nitrogen and oxygen atoms in total. The first-order valence-corrected chi connectivity index (χ1v) is 12.7. The van der Waals surface area contributed by atoms with Gasteiger partial charge in [-0.05, 0) is 30.9 Å². The number of nitrogens with zero attached hydrogens (tertiary/aromatic N) is 3. The average molecular weight is 445 g/mol. The van der Waals surface area contributed by atoms with E-state index in [0.717, 1.165) is 18.5 Å². The van der Waals surface area contributed by atoms with Crippen LogP contribution < -0.4 is 4.74 Å². The van der Waals surface area contributed by atoms with Crippen LogP contribution >= 0.6 is 0 Å². The van der Waals surface area contributed by atoms with E-state index in [4.69, 9.17) is 4.74 Å². The Morgan fingerprint density at radius 3 is 2.52 bits per heavy atom. The van der Waals surface area contributed by atoms with E-state index in [1.54, 1.807) is 0 Å². The normalized spacial score (nSPS) is 22.5. The van der Waals surface area contributed by atoms with Gasteiger partial charge >= 0.3 is 6.03 Å². The molecule has 3 heterocycles. The molecule has 2 amide bonds. The van der Waals surface area contributed by atoms with Gasteiger partial charge in [0.05, 0.1) is 6.61 Å². The van der Waals surface area contributed by atoms with Gasteiger partial charge in [-0.25, -0.2) is 4.79 Å². The number of urea groups is 1. The fourth-order valence-corrected chi connectivity index (χ4v) is 5.58. The van der Waals surface area contributed by atoms with Gasteiger partial charge in [0.25, 0.3) is 0 Å². The number of aromatic amines is 1. The van der Waals surface area contributed by atoms with Crippen LogP contribution in [0.2, 0.25) is 0 Å². The fraction of sp³-hybridized carbons (Fsp3) is 0.565. The lowest BCUT2D eigenvalue weighted by molar-refractivity contribution is 0.135. The Bertz CT molecular complexity index is 904. The summed E-state index contributed by atoms with van der Waals surface area (Å²) < 4.78 is 17.3. The van der Waals surface area contributed by atoms with E-state index in [9.17, 15) is 9.00 Å². The maximum Gasteiger partial charge on any atom is 0.320 e. The van der Waals surface area contributed by atoms with Crippen LogP contribution in [0.1, 0.15) is 48.9 Å². The highest BCUT2D eigenvalue weighted by Gasteiger charge is 2.35. The summed E-state index contributed by atoms with van der Waals surface area (Å²) in [6.45, 7) is 7.16. The lowest BCUT2D eigenvalue weighted by Gasteiger charge is -2.40. The molecule has 168 valence electrons. The number of aromatic nitrogens is 2. The van der Waals surface area contributed by atoms with E-state index in [1.165, 1.54) is 11.1 Å². The van der Waals surface area contributed by atoms with Gasteiger partial charge in [-0.2, -0.15) is 0 Å². The summed E-state index contributed by atoms with van der Waals surface area (Å²) in [5.74, 6) is 2.16. The number of H-pyrrole nitrogens is 1.